The first-order chi connectivity index (χ1) is 4.84. The van der Waals surface area contributed by atoms with Gasteiger partial charge in [0.2, 0.25) is 0 Å². The van der Waals surface area contributed by atoms with Crippen molar-refractivity contribution in [2.24, 2.45) is 5.84 Å². The van der Waals surface area contributed by atoms with Crippen molar-refractivity contribution < 1.29 is 35.2 Å². The number of benzene rings is 1. The average Bonchev–Trinajstić information content (AvgIpc) is 1.94. The molecule has 0 saturated carbocycles. The van der Waals surface area contributed by atoms with E-state index >= 15 is 0 Å². The molecule has 0 spiro atoms. The van der Waals surface area contributed by atoms with E-state index < -0.39 is 0 Å². The summed E-state index contributed by atoms with van der Waals surface area (Å²) in [6, 6.07) is 7.71. The fraction of sp³-hybridized carbons (Fsp3) is 0.143. The third-order valence-electron chi connectivity index (χ3n) is 1.29. The molecule has 0 fully saturated rings. The molecule has 0 bridgehead atoms. The summed E-state index contributed by atoms with van der Waals surface area (Å²) in [5.41, 5.74) is 2.27. The zero-order chi connectivity index (χ0) is 7.40. The molecule has 0 radical (unpaired) electrons. The third-order valence-corrected chi connectivity index (χ3v) is 1.29. The number of halogens is 2. The van der Waals surface area contributed by atoms with Crippen molar-refractivity contribution in [3.05, 3.63) is 29.8 Å². The molecule has 0 aromatic heterocycles. The van der Waals surface area contributed by atoms with Gasteiger partial charge < -0.3 is 24.8 Å². The Hall–Kier alpha value is -0.480. The molecule has 12 heavy (non-hydrogen) atoms. The summed E-state index contributed by atoms with van der Waals surface area (Å²) >= 11 is 0. The van der Waals surface area contributed by atoms with Crippen LogP contribution in [0, 0.1) is 6.92 Å². The van der Waals surface area contributed by atoms with Crippen LogP contribution >= 0.6 is 0 Å². The Morgan fingerprint density at radius 3 is 2.33 bits per heavy atom. The van der Waals surface area contributed by atoms with Gasteiger partial charge in [0.15, 0.2) is 5.75 Å². The molecule has 0 saturated heterocycles. The lowest BCUT2D eigenvalue weighted by Gasteiger charge is -1.99. The van der Waals surface area contributed by atoms with E-state index in [-0.39, 0.29) is 24.8 Å². The summed E-state index contributed by atoms with van der Waals surface area (Å²) in [6.45, 7) is 1.97. The van der Waals surface area contributed by atoms with Gasteiger partial charge in [0.25, 0.3) is 0 Å². The fourth-order valence-electron chi connectivity index (χ4n) is 0.762. The minimum absolute atomic E-state index is 0. The van der Waals surface area contributed by atoms with E-state index in [0.717, 1.165) is 11.3 Å². The van der Waals surface area contributed by atoms with Crippen LogP contribution < -0.4 is 41.1 Å². The number of rotatable bonds is 2. The maximum atomic E-state index is 5.08. The van der Waals surface area contributed by atoms with E-state index in [2.05, 4.69) is 0 Å². The molecule has 0 heterocycles. The molecule has 4 N–H and O–H groups in total. The summed E-state index contributed by atoms with van der Waals surface area (Å²) in [4.78, 5) is 4.99. The molecule has 1 rings (SSSR count). The monoisotopic (exact) mass is 209 g/mol. The molecule has 1 aromatic carbocycles. The van der Waals surface area contributed by atoms with Crippen LogP contribution in [0.5, 0.6) is 5.75 Å². The summed E-state index contributed by atoms with van der Waals surface area (Å²) in [5.74, 6) is 5.89. The molecule has 0 aliphatic heterocycles. The summed E-state index contributed by atoms with van der Waals surface area (Å²) in [5, 5.41) is 0. The van der Waals surface area contributed by atoms with Crippen LogP contribution in [-0.2, 0) is 0 Å². The molecule has 3 nitrogen and oxygen atoms in total. The van der Waals surface area contributed by atoms with Gasteiger partial charge >= 0.3 is 0 Å². The van der Waals surface area contributed by atoms with Gasteiger partial charge in [-0.05, 0) is 18.6 Å². The maximum absolute atomic E-state index is 5.08. The van der Waals surface area contributed by atoms with E-state index in [1.807, 2.05) is 31.2 Å². The highest BCUT2D eigenvalue weighted by molar-refractivity contribution is 5.30. The van der Waals surface area contributed by atoms with Gasteiger partial charge in [0.05, 0.1) is 0 Å². The van der Waals surface area contributed by atoms with Crippen molar-refractivity contribution in [2.45, 2.75) is 6.92 Å². The molecule has 0 amide bonds. The molecule has 0 unspecified atom stereocenters. The van der Waals surface area contributed by atoms with Crippen LogP contribution in [0.2, 0.25) is 0 Å². The van der Waals surface area contributed by atoms with Crippen molar-refractivity contribution in [3.63, 3.8) is 0 Å². The van der Waals surface area contributed by atoms with Gasteiger partial charge in [0, 0.05) is 0 Å². The Kier molecular flexibility index (Phi) is 8.42. The van der Waals surface area contributed by atoms with Gasteiger partial charge in [-0.2, -0.15) is 0 Å². The summed E-state index contributed by atoms with van der Waals surface area (Å²) in [6.07, 6.45) is 0. The summed E-state index contributed by atoms with van der Waals surface area (Å²) < 4.78 is 0. The van der Waals surface area contributed by atoms with E-state index in [1.165, 1.54) is 5.59 Å². The molecule has 0 aliphatic carbocycles. The topological polar surface area (TPSA) is 51.9 Å². The van der Waals surface area contributed by atoms with Gasteiger partial charge in [0.1, 0.15) is 0 Å². The second-order valence-corrected chi connectivity index (χ2v) is 2.02. The second-order valence-electron chi connectivity index (χ2n) is 2.02. The van der Waals surface area contributed by atoms with Crippen molar-refractivity contribution in [1.29, 1.82) is 0 Å². The molecule has 1 aromatic rings. The zero-order valence-corrected chi connectivity index (χ0v) is 8.14. The van der Waals surface area contributed by atoms with Crippen LogP contribution in [0.4, 0.5) is 0 Å². The van der Waals surface area contributed by atoms with Crippen molar-refractivity contribution in [3.8, 4) is 5.75 Å². The Morgan fingerprint density at radius 2 is 1.83 bits per heavy atom. The highest BCUT2D eigenvalue weighted by Crippen LogP contribution is 2.13. The Morgan fingerprint density at radius 1 is 1.25 bits per heavy atom. The first-order valence-corrected chi connectivity index (χ1v) is 3.10. The van der Waals surface area contributed by atoms with Crippen LogP contribution in [-0.4, -0.2) is 0 Å². The molecule has 0 atom stereocenters. The number of para-hydroxylation sites is 1. The minimum Gasteiger partial charge on any atom is -1.00 e. The smallest absolute Gasteiger partial charge is 0.195 e. The van der Waals surface area contributed by atoms with Crippen LogP contribution in [0.1, 0.15) is 5.56 Å². The molecule has 0 aliphatic rings. The second kappa shape index (κ2) is 7.18. The lowest BCUT2D eigenvalue weighted by atomic mass is 10.2. The van der Waals surface area contributed by atoms with E-state index in [4.69, 9.17) is 10.7 Å². The lowest BCUT2D eigenvalue weighted by Crippen LogP contribution is -3.00. The maximum Gasteiger partial charge on any atom is 0.195 e. The van der Waals surface area contributed by atoms with Gasteiger partial charge in [-0.1, -0.05) is 23.8 Å². The van der Waals surface area contributed by atoms with Gasteiger partial charge in [-0.25, -0.2) is 0 Å². The largest absolute Gasteiger partial charge is 1.00 e. The molecular formula is C7H11Cl2N2O-. The van der Waals surface area contributed by atoms with Gasteiger partial charge in [-0.3, -0.25) is 4.84 Å². The predicted molar refractivity (Wildman–Crippen MR) is 37.9 cm³/mol. The highest BCUT2D eigenvalue weighted by atomic mass is 35.5. The van der Waals surface area contributed by atoms with Crippen molar-refractivity contribution >= 4 is 0 Å². The van der Waals surface area contributed by atoms with Crippen LogP contribution in [0.25, 0.3) is 0 Å². The number of quaternary nitrogens is 1. The Balaban J connectivity index is 0. The van der Waals surface area contributed by atoms with E-state index in [1.54, 1.807) is 0 Å². The zero-order valence-electron chi connectivity index (χ0n) is 6.63. The number of hydrogen-bond donors (Lipinski definition) is 2. The minimum atomic E-state index is 0. The normalized spacial score (nSPS) is 7.83. The van der Waals surface area contributed by atoms with Crippen LogP contribution in [0.15, 0.2) is 24.3 Å². The van der Waals surface area contributed by atoms with Crippen molar-refractivity contribution in [2.75, 3.05) is 0 Å². The Bertz CT molecular complexity index is 220. The number of aryl methyl sites for hydroxylation is 1. The van der Waals surface area contributed by atoms with Gasteiger partial charge in [-0.15, -0.1) is 5.84 Å². The SMILES string of the molecule is Cc1ccccc1O[NH2+]N.[Cl-].[Cl-]. The molecular weight excluding hydrogens is 199 g/mol. The lowest BCUT2D eigenvalue weighted by molar-refractivity contribution is -0.868. The van der Waals surface area contributed by atoms with Crippen LogP contribution in [0.3, 0.4) is 0 Å². The third kappa shape index (κ3) is 3.78. The van der Waals surface area contributed by atoms with E-state index in [0.29, 0.717) is 0 Å². The fourth-order valence-corrected chi connectivity index (χ4v) is 0.762. The molecule has 70 valence electrons. The predicted octanol–water partition coefficient (Wildman–Crippen LogP) is -6.27. The number of nitrogens with two attached hydrogens (primary N) is 2. The average molecular weight is 210 g/mol. The molecule has 5 heteroatoms. The Labute approximate surface area is 84.0 Å². The number of hydrogen-bond acceptors (Lipinski definition) is 2. The van der Waals surface area contributed by atoms with E-state index in [9.17, 15) is 0 Å². The first kappa shape index (κ1) is 14.1. The highest BCUT2D eigenvalue weighted by Gasteiger charge is 1.96. The standard InChI is InChI=1S/C7H10N2O.2ClH/c1-6-4-2-3-5-7(6)10-9-8;;/h2-5,9H,8H2,1H3;2*1H/p-1. The van der Waals surface area contributed by atoms with Crippen molar-refractivity contribution in [1.82, 2.24) is 0 Å². The summed E-state index contributed by atoms with van der Waals surface area (Å²) in [7, 11) is 0. The first-order valence-electron chi connectivity index (χ1n) is 3.10. The quantitative estimate of drug-likeness (QED) is 0.377.